The summed E-state index contributed by atoms with van der Waals surface area (Å²) in [7, 11) is 0. The summed E-state index contributed by atoms with van der Waals surface area (Å²) in [6, 6.07) is 16.3. The van der Waals surface area contributed by atoms with Gasteiger partial charge in [0.25, 0.3) is 0 Å². The zero-order chi connectivity index (χ0) is 19.4. The highest BCUT2D eigenvalue weighted by molar-refractivity contribution is 5.63. The highest BCUT2D eigenvalue weighted by Crippen LogP contribution is 2.25. The summed E-state index contributed by atoms with van der Waals surface area (Å²) in [5, 5.41) is 12.1. The van der Waals surface area contributed by atoms with Crippen molar-refractivity contribution in [3.63, 3.8) is 0 Å². The Kier molecular flexibility index (Phi) is 5.23. The Morgan fingerprint density at radius 3 is 2.48 bits per heavy atom. The molecule has 0 saturated heterocycles. The Bertz CT molecular complexity index is 985. The zero-order valence-corrected chi connectivity index (χ0v) is 15.8. The maximum Gasteiger partial charge on any atom is 0.151 e. The first-order chi connectivity index (χ1) is 12.9. The van der Waals surface area contributed by atoms with Gasteiger partial charge in [0, 0.05) is 23.1 Å². The number of anilines is 1. The van der Waals surface area contributed by atoms with Gasteiger partial charge in [-0.1, -0.05) is 44.0 Å². The molecule has 0 unspecified atom stereocenters. The first-order valence-corrected chi connectivity index (χ1v) is 8.80. The van der Waals surface area contributed by atoms with Crippen molar-refractivity contribution < 1.29 is 4.39 Å². The van der Waals surface area contributed by atoms with Crippen LogP contribution in [0.2, 0.25) is 0 Å². The lowest BCUT2D eigenvalue weighted by atomic mass is 9.84. The Labute approximate surface area is 159 Å². The van der Waals surface area contributed by atoms with E-state index in [0.29, 0.717) is 6.54 Å². The molecular weight excluding hydrogens is 337 g/mol. The van der Waals surface area contributed by atoms with Crippen LogP contribution in [0.4, 0.5) is 10.2 Å². The third-order valence-corrected chi connectivity index (χ3v) is 4.63. The highest BCUT2D eigenvalue weighted by atomic mass is 19.1. The number of hydrogen-bond donors (Lipinski definition) is 1. The van der Waals surface area contributed by atoms with Gasteiger partial charge in [-0.05, 0) is 48.4 Å². The Balaban J connectivity index is 1.76. The number of hydrogen-bond acceptors (Lipinski definition) is 3. The van der Waals surface area contributed by atoms with Gasteiger partial charge in [-0.15, -0.1) is 16.6 Å². The third kappa shape index (κ3) is 4.32. The average Bonchev–Trinajstić information content (AvgIpc) is 2.67. The number of nitrogens with one attached hydrogen (secondary N) is 1. The molecule has 0 saturated carbocycles. The smallest absolute Gasteiger partial charge is 0.151 e. The van der Waals surface area contributed by atoms with Crippen molar-refractivity contribution in [2.75, 3.05) is 11.9 Å². The lowest BCUT2D eigenvalue weighted by Gasteiger charge is -2.26. The van der Waals surface area contributed by atoms with Gasteiger partial charge in [0.1, 0.15) is 5.82 Å². The van der Waals surface area contributed by atoms with Gasteiger partial charge in [-0.2, -0.15) is 0 Å². The lowest BCUT2D eigenvalue weighted by Crippen LogP contribution is -2.28. The van der Waals surface area contributed by atoms with Crippen molar-refractivity contribution >= 4 is 5.82 Å². The van der Waals surface area contributed by atoms with E-state index in [4.69, 9.17) is 6.42 Å². The molecule has 136 valence electrons. The number of nitrogens with zero attached hydrogens (tertiary/aromatic N) is 2. The van der Waals surface area contributed by atoms with E-state index in [-0.39, 0.29) is 11.2 Å². The first-order valence-electron chi connectivity index (χ1n) is 8.80. The Hall–Kier alpha value is -3.19. The molecule has 1 heterocycles. The largest absolute Gasteiger partial charge is 0.367 e. The van der Waals surface area contributed by atoms with Crippen LogP contribution in [0.5, 0.6) is 0 Å². The third-order valence-electron chi connectivity index (χ3n) is 4.63. The lowest BCUT2D eigenvalue weighted by molar-refractivity contribution is 0.552. The molecule has 0 spiro atoms. The average molecular weight is 359 g/mol. The highest BCUT2D eigenvalue weighted by Gasteiger charge is 2.21. The monoisotopic (exact) mass is 359 g/mol. The predicted molar refractivity (Wildman–Crippen MR) is 108 cm³/mol. The van der Waals surface area contributed by atoms with E-state index >= 15 is 0 Å². The molecule has 3 aromatic rings. The molecule has 0 atom stereocenters. The van der Waals surface area contributed by atoms with Gasteiger partial charge in [0.15, 0.2) is 5.82 Å². The Morgan fingerprint density at radius 1 is 1.07 bits per heavy atom. The van der Waals surface area contributed by atoms with Gasteiger partial charge in [0.05, 0.1) is 5.69 Å². The van der Waals surface area contributed by atoms with Gasteiger partial charge in [0.2, 0.25) is 0 Å². The normalized spacial score (nSPS) is 11.1. The molecule has 3 nitrogen and oxygen atoms in total. The van der Waals surface area contributed by atoms with E-state index in [2.05, 4.69) is 35.3 Å². The molecule has 0 bridgehead atoms. The molecular formula is C23H22FN3. The topological polar surface area (TPSA) is 37.8 Å². The zero-order valence-electron chi connectivity index (χ0n) is 15.8. The minimum absolute atomic E-state index is 0.179. The van der Waals surface area contributed by atoms with Gasteiger partial charge in [-0.3, -0.25) is 0 Å². The van der Waals surface area contributed by atoms with Crippen LogP contribution in [0.25, 0.3) is 11.3 Å². The van der Waals surface area contributed by atoms with Crippen LogP contribution < -0.4 is 5.32 Å². The molecule has 2 aromatic carbocycles. The SMILES string of the molecule is C#Cc1cccc(-c2cc(C)c(NCC(C)(C)c3ccc(F)cc3)nn2)c1. The number of terminal acetylenes is 1. The van der Waals surface area contributed by atoms with Crippen LogP contribution in [0.1, 0.15) is 30.5 Å². The fraction of sp³-hybridized carbons (Fsp3) is 0.217. The summed E-state index contributed by atoms with van der Waals surface area (Å²) in [4.78, 5) is 0. The molecule has 0 aliphatic rings. The van der Waals surface area contributed by atoms with E-state index < -0.39 is 0 Å². The fourth-order valence-corrected chi connectivity index (χ4v) is 2.88. The summed E-state index contributed by atoms with van der Waals surface area (Å²) in [6.07, 6.45) is 5.47. The van der Waals surface area contributed by atoms with Gasteiger partial charge >= 0.3 is 0 Å². The van der Waals surface area contributed by atoms with Crippen LogP contribution in [-0.4, -0.2) is 16.7 Å². The standard InChI is InChI=1S/C23H22FN3/c1-5-17-7-6-8-18(14-17)21-13-16(2)22(27-26-21)25-15-23(3,4)19-9-11-20(24)12-10-19/h1,6-14H,15H2,2-4H3,(H,25,27). The van der Waals surface area contributed by atoms with E-state index in [0.717, 1.165) is 33.8 Å². The second-order valence-electron chi connectivity index (χ2n) is 7.23. The van der Waals surface area contributed by atoms with Gasteiger partial charge in [-0.25, -0.2) is 4.39 Å². The van der Waals surface area contributed by atoms with E-state index in [9.17, 15) is 4.39 Å². The van der Waals surface area contributed by atoms with Crippen molar-refractivity contribution in [2.24, 2.45) is 0 Å². The summed E-state index contributed by atoms with van der Waals surface area (Å²) in [5.41, 5.74) is 4.43. The quantitative estimate of drug-likeness (QED) is 0.654. The van der Waals surface area contributed by atoms with E-state index in [1.54, 1.807) is 0 Å². The molecule has 1 N–H and O–H groups in total. The minimum atomic E-state index is -0.228. The Morgan fingerprint density at radius 2 is 1.81 bits per heavy atom. The number of rotatable bonds is 5. The number of aromatic nitrogens is 2. The van der Waals surface area contributed by atoms with Crippen LogP contribution in [0.3, 0.4) is 0 Å². The fourth-order valence-electron chi connectivity index (χ4n) is 2.88. The van der Waals surface area contributed by atoms with Crippen molar-refractivity contribution in [1.29, 1.82) is 0 Å². The summed E-state index contributed by atoms with van der Waals surface area (Å²) < 4.78 is 13.2. The van der Waals surface area contributed by atoms with E-state index in [1.807, 2.05) is 49.4 Å². The number of benzene rings is 2. The van der Waals surface area contributed by atoms with Crippen LogP contribution in [0.15, 0.2) is 54.6 Å². The second kappa shape index (κ2) is 7.59. The summed E-state index contributed by atoms with van der Waals surface area (Å²) in [5.74, 6) is 3.15. The van der Waals surface area contributed by atoms with Gasteiger partial charge < -0.3 is 5.32 Å². The molecule has 0 fully saturated rings. The van der Waals surface area contributed by atoms with Crippen LogP contribution in [-0.2, 0) is 5.41 Å². The minimum Gasteiger partial charge on any atom is -0.367 e. The van der Waals surface area contributed by atoms with Crippen LogP contribution in [0, 0.1) is 25.1 Å². The van der Waals surface area contributed by atoms with Crippen molar-refractivity contribution in [3.8, 4) is 23.6 Å². The molecule has 3 rings (SSSR count). The first kappa shape index (κ1) is 18.6. The molecule has 27 heavy (non-hydrogen) atoms. The summed E-state index contributed by atoms with van der Waals surface area (Å²) in [6.45, 7) is 6.86. The molecule has 0 aliphatic carbocycles. The predicted octanol–water partition coefficient (Wildman–Crippen LogP) is 4.96. The molecule has 0 radical (unpaired) electrons. The number of halogens is 1. The van der Waals surface area contributed by atoms with Crippen molar-refractivity contribution in [2.45, 2.75) is 26.2 Å². The molecule has 1 aromatic heterocycles. The second-order valence-corrected chi connectivity index (χ2v) is 7.23. The van der Waals surface area contributed by atoms with Crippen LogP contribution >= 0.6 is 0 Å². The maximum atomic E-state index is 13.2. The van der Waals surface area contributed by atoms with Crippen molar-refractivity contribution in [3.05, 3.63) is 77.1 Å². The summed E-state index contributed by atoms with van der Waals surface area (Å²) >= 11 is 0. The van der Waals surface area contributed by atoms with E-state index in [1.165, 1.54) is 12.1 Å². The van der Waals surface area contributed by atoms with Crippen molar-refractivity contribution in [1.82, 2.24) is 10.2 Å². The number of aryl methyl sites for hydroxylation is 1. The molecule has 4 heteroatoms. The molecule has 0 aliphatic heterocycles. The molecule has 0 amide bonds. The maximum absolute atomic E-state index is 13.2.